The van der Waals surface area contributed by atoms with Crippen LogP contribution in [0.4, 0.5) is 5.69 Å². The largest absolute Gasteiger partial charge is 0.508 e. The molecule has 2 aromatic carbocycles. The Kier molecular flexibility index (Phi) is 3.98. The van der Waals surface area contributed by atoms with Crippen LogP contribution < -0.4 is 5.32 Å². The quantitative estimate of drug-likeness (QED) is 0.803. The van der Waals surface area contributed by atoms with Crippen molar-refractivity contribution in [1.29, 1.82) is 0 Å². The van der Waals surface area contributed by atoms with Gasteiger partial charge in [0.05, 0.1) is 22.9 Å². The fraction of sp³-hybridized carbons (Fsp3) is 0.200. The van der Waals surface area contributed by atoms with Crippen LogP contribution in [0, 0.1) is 0 Å². The van der Waals surface area contributed by atoms with Gasteiger partial charge >= 0.3 is 0 Å². The van der Waals surface area contributed by atoms with E-state index in [-0.39, 0.29) is 12.4 Å². The third kappa shape index (κ3) is 3.00. The van der Waals surface area contributed by atoms with Crippen molar-refractivity contribution >= 4 is 17.3 Å². The van der Waals surface area contributed by atoms with E-state index in [0.29, 0.717) is 5.02 Å². The molecule has 1 unspecified atom stereocenters. The molecule has 2 aromatic rings. The first-order chi connectivity index (χ1) is 9.05. The molecule has 0 spiro atoms. The molecule has 0 saturated carbocycles. The molecule has 0 aromatic heterocycles. The minimum absolute atomic E-state index is 0.123. The molecule has 0 aliphatic heterocycles. The number of aromatic hydroxyl groups is 1. The number of anilines is 1. The molecule has 0 fully saturated rings. The van der Waals surface area contributed by atoms with E-state index in [9.17, 15) is 10.2 Å². The van der Waals surface area contributed by atoms with Crippen molar-refractivity contribution in [2.45, 2.75) is 12.5 Å². The van der Waals surface area contributed by atoms with Crippen molar-refractivity contribution in [3.05, 3.63) is 59.1 Å². The predicted molar refractivity (Wildman–Crippen MR) is 77.6 cm³/mol. The number of aliphatic hydroxyl groups excluding tert-OH is 1. The average molecular weight is 278 g/mol. The SMILES string of the molecule is CC(CO)(Nc1ccccc1Cl)c1cccc(O)c1. The monoisotopic (exact) mass is 277 g/mol. The van der Waals surface area contributed by atoms with Gasteiger partial charge < -0.3 is 15.5 Å². The summed E-state index contributed by atoms with van der Waals surface area (Å²) in [5.74, 6) is 0.165. The standard InChI is InChI=1S/C15H16ClNO2/c1-15(10-18,11-5-4-6-12(19)9-11)17-14-8-3-2-7-13(14)16/h2-9,17-19H,10H2,1H3. The number of halogens is 1. The first kappa shape index (κ1) is 13.7. The Bertz CT molecular complexity index is 574. The normalized spacial score (nSPS) is 13.8. The van der Waals surface area contributed by atoms with E-state index in [0.717, 1.165) is 11.3 Å². The van der Waals surface area contributed by atoms with Crippen LogP contribution in [0.15, 0.2) is 48.5 Å². The highest BCUT2D eigenvalue weighted by Gasteiger charge is 2.26. The van der Waals surface area contributed by atoms with Gasteiger partial charge in [0.15, 0.2) is 0 Å². The van der Waals surface area contributed by atoms with E-state index >= 15 is 0 Å². The maximum atomic E-state index is 9.69. The fourth-order valence-electron chi connectivity index (χ4n) is 1.91. The number of para-hydroxylation sites is 1. The Morgan fingerprint density at radius 3 is 2.53 bits per heavy atom. The number of hydrogen-bond donors (Lipinski definition) is 3. The van der Waals surface area contributed by atoms with Gasteiger partial charge in [-0.05, 0) is 36.8 Å². The summed E-state index contributed by atoms with van der Waals surface area (Å²) in [5.41, 5.74) is 0.808. The summed E-state index contributed by atoms with van der Waals surface area (Å²) >= 11 is 6.11. The molecule has 0 saturated heterocycles. The van der Waals surface area contributed by atoms with Crippen LogP contribution in [-0.4, -0.2) is 16.8 Å². The summed E-state index contributed by atoms with van der Waals surface area (Å²) in [6.45, 7) is 1.73. The van der Waals surface area contributed by atoms with E-state index in [1.165, 1.54) is 0 Å². The molecule has 3 N–H and O–H groups in total. The number of phenols is 1. The molecule has 0 heterocycles. The zero-order valence-electron chi connectivity index (χ0n) is 10.6. The molecule has 2 rings (SSSR count). The van der Waals surface area contributed by atoms with Crippen LogP contribution in [0.2, 0.25) is 5.02 Å². The number of phenolic OH excluding ortho intramolecular Hbond substituents is 1. The summed E-state index contributed by atoms with van der Waals surface area (Å²) in [6, 6.07) is 14.2. The molecule has 1 atom stereocenters. The lowest BCUT2D eigenvalue weighted by atomic mass is 9.92. The van der Waals surface area contributed by atoms with E-state index < -0.39 is 5.54 Å². The van der Waals surface area contributed by atoms with Crippen LogP contribution in [-0.2, 0) is 5.54 Å². The molecule has 0 radical (unpaired) electrons. The van der Waals surface area contributed by atoms with Crippen LogP contribution >= 0.6 is 11.6 Å². The van der Waals surface area contributed by atoms with Gasteiger partial charge in [-0.15, -0.1) is 0 Å². The summed E-state index contributed by atoms with van der Waals surface area (Å²) < 4.78 is 0. The van der Waals surface area contributed by atoms with Crippen LogP contribution in [0.5, 0.6) is 5.75 Å². The van der Waals surface area contributed by atoms with Crippen LogP contribution in [0.3, 0.4) is 0 Å². The van der Waals surface area contributed by atoms with E-state index in [2.05, 4.69) is 5.32 Å². The summed E-state index contributed by atoms with van der Waals surface area (Å²) in [4.78, 5) is 0. The van der Waals surface area contributed by atoms with Crippen LogP contribution in [0.1, 0.15) is 12.5 Å². The second-order valence-electron chi connectivity index (χ2n) is 4.65. The average Bonchev–Trinajstić information content (AvgIpc) is 2.41. The van der Waals surface area contributed by atoms with E-state index in [4.69, 9.17) is 11.6 Å². The van der Waals surface area contributed by atoms with Gasteiger partial charge in [-0.1, -0.05) is 35.9 Å². The Hall–Kier alpha value is -1.71. The molecule has 100 valence electrons. The molecule has 0 amide bonds. The van der Waals surface area contributed by atoms with Gasteiger partial charge in [0.2, 0.25) is 0 Å². The molecule has 19 heavy (non-hydrogen) atoms. The smallest absolute Gasteiger partial charge is 0.115 e. The second-order valence-corrected chi connectivity index (χ2v) is 5.05. The number of rotatable bonds is 4. The van der Waals surface area contributed by atoms with Crippen molar-refractivity contribution in [2.75, 3.05) is 11.9 Å². The van der Waals surface area contributed by atoms with Gasteiger partial charge in [-0.2, -0.15) is 0 Å². The third-order valence-corrected chi connectivity index (χ3v) is 3.41. The van der Waals surface area contributed by atoms with Crippen molar-refractivity contribution in [3.63, 3.8) is 0 Å². The fourth-order valence-corrected chi connectivity index (χ4v) is 2.09. The topological polar surface area (TPSA) is 52.5 Å². The summed E-state index contributed by atoms with van der Waals surface area (Å²) in [6.07, 6.45) is 0. The Labute approximate surface area is 117 Å². The van der Waals surface area contributed by atoms with Gasteiger partial charge in [0.25, 0.3) is 0 Å². The molecule has 4 heteroatoms. The van der Waals surface area contributed by atoms with E-state index in [1.807, 2.05) is 31.2 Å². The molecule has 0 aliphatic carbocycles. The zero-order valence-corrected chi connectivity index (χ0v) is 11.4. The number of aliphatic hydroxyl groups is 1. The minimum atomic E-state index is -0.719. The zero-order chi connectivity index (χ0) is 13.9. The molecular weight excluding hydrogens is 262 g/mol. The van der Waals surface area contributed by atoms with Gasteiger partial charge in [-0.25, -0.2) is 0 Å². The highest BCUT2D eigenvalue weighted by atomic mass is 35.5. The second kappa shape index (κ2) is 5.51. The van der Waals surface area contributed by atoms with Gasteiger partial charge in [-0.3, -0.25) is 0 Å². The van der Waals surface area contributed by atoms with Crippen molar-refractivity contribution in [1.82, 2.24) is 0 Å². The van der Waals surface area contributed by atoms with Crippen molar-refractivity contribution in [3.8, 4) is 5.75 Å². The van der Waals surface area contributed by atoms with E-state index in [1.54, 1.807) is 24.3 Å². The lowest BCUT2D eigenvalue weighted by Crippen LogP contribution is -2.35. The van der Waals surface area contributed by atoms with Gasteiger partial charge in [0.1, 0.15) is 5.75 Å². The third-order valence-electron chi connectivity index (χ3n) is 3.08. The first-order valence-corrected chi connectivity index (χ1v) is 6.36. The first-order valence-electron chi connectivity index (χ1n) is 5.98. The maximum Gasteiger partial charge on any atom is 0.115 e. The molecule has 0 bridgehead atoms. The Morgan fingerprint density at radius 1 is 1.16 bits per heavy atom. The van der Waals surface area contributed by atoms with Gasteiger partial charge in [0, 0.05) is 0 Å². The molecule has 0 aliphatic rings. The van der Waals surface area contributed by atoms with Crippen molar-refractivity contribution in [2.24, 2.45) is 0 Å². The lowest BCUT2D eigenvalue weighted by Gasteiger charge is -2.31. The highest BCUT2D eigenvalue weighted by molar-refractivity contribution is 6.33. The Balaban J connectivity index is 2.36. The summed E-state index contributed by atoms with van der Waals surface area (Å²) in [7, 11) is 0. The number of benzene rings is 2. The van der Waals surface area contributed by atoms with Crippen LogP contribution in [0.25, 0.3) is 0 Å². The predicted octanol–water partition coefficient (Wildman–Crippen LogP) is 3.37. The molecular formula is C15H16ClNO2. The molecule has 3 nitrogen and oxygen atoms in total. The number of nitrogens with one attached hydrogen (secondary N) is 1. The lowest BCUT2D eigenvalue weighted by molar-refractivity contribution is 0.224. The summed E-state index contributed by atoms with van der Waals surface area (Å²) in [5, 5.41) is 23.1. The highest BCUT2D eigenvalue weighted by Crippen LogP contribution is 2.31. The Morgan fingerprint density at radius 2 is 1.89 bits per heavy atom. The maximum absolute atomic E-state index is 9.69. The minimum Gasteiger partial charge on any atom is -0.508 e. The van der Waals surface area contributed by atoms with Crippen molar-refractivity contribution < 1.29 is 10.2 Å². The number of hydrogen-bond acceptors (Lipinski definition) is 3.